The topological polar surface area (TPSA) is 21.3 Å². The Bertz CT molecular complexity index is 534. The lowest BCUT2D eigenvalue weighted by Gasteiger charge is -2.12. The van der Waals surface area contributed by atoms with Gasteiger partial charge in [-0.15, -0.1) is 11.3 Å². The van der Waals surface area contributed by atoms with Crippen LogP contribution in [0.5, 0.6) is 5.75 Å². The normalized spacial score (nSPS) is 11.0. The first kappa shape index (κ1) is 15.4. The molecule has 2 nitrogen and oxygen atoms in total. The van der Waals surface area contributed by atoms with E-state index in [1.807, 2.05) is 11.4 Å². The number of hydrogen-bond donors (Lipinski definition) is 1. The predicted octanol–water partition coefficient (Wildman–Crippen LogP) is 4.44. The van der Waals surface area contributed by atoms with E-state index < -0.39 is 6.61 Å². The van der Waals surface area contributed by atoms with E-state index in [9.17, 15) is 8.78 Å². The average Bonchev–Trinajstić information content (AvgIpc) is 2.90. The highest BCUT2D eigenvalue weighted by molar-refractivity contribution is 9.10. The Morgan fingerprint density at radius 1 is 1.30 bits per heavy atom. The van der Waals surface area contributed by atoms with Gasteiger partial charge < -0.3 is 10.1 Å². The minimum Gasteiger partial charge on any atom is -0.434 e. The lowest BCUT2D eigenvalue weighted by Crippen LogP contribution is -2.17. The number of halogens is 3. The van der Waals surface area contributed by atoms with Gasteiger partial charge in [0.25, 0.3) is 0 Å². The van der Waals surface area contributed by atoms with Gasteiger partial charge in [0.15, 0.2) is 0 Å². The van der Waals surface area contributed by atoms with Crippen LogP contribution in [0.1, 0.15) is 10.4 Å². The lowest BCUT2D eigenvalue weighted by atomic mass is 10.2. The summed E-state index contributed by atoms with van der Waals surface area (Å²) in [6.45, 7) is -1.52. The van der Waals surface area contributed by atoms with Gasteiger partial charge in [0.05, 0.1) is 0 Å². The first-order valence-corrected chi connectivity index (χ1v) is 7.79. The van der Waals surface area contributed by atoms with Crippen LogP contribution >= 0.6 is 27.3 Å². The number of nitrogens with one attached hydrogen (secondary N) is 1. The molecule has 6 heteroatoms. The molecule has 0 aliphatic heterocycles. The Morgan fingerprint density at radius 2 is 2.15 bits per heavy atom. The number of rotatable bonds is 7. The van der Waals surface area contributed by atoms with E-state index in [1.54, 1.807) is 29.5 Å². The van der Waals surface area contributed by atoms with Crippen LogP contribution < -0.4 is 10.1 Å². The summed E-state index contributed by atoms with van der Waals surface area (Å²) in [5.41, 5.74) is 0.714. The second-order valence-corrected chi connectivity index (χ2v) is 6.08. The van der Waals surface area contributed by atoms with E-state index in [4.69, 9.17) is 0 Å². The van der Waals surface area contributed by atoms with Crippen molar-refractivity contribution in [2.75, 3.05) is 6.54 Å². The molecule has 0 aliphatic carbocycles. The van der Waals surface area contributed by atoms with Crippen LogP contribution in [0.2, 0.25) is 0 Å². The maximum atomic E-state index is 12.3. The van der Waals surface area contributed by atoms with Gasteiger partial charge in [0, 0.05) is 28.0 Å². The molecule has 1 aromatic heterocycles. The molecule has 0 fully saturated rings. The fraction of sp³-hybridized carbons (Fsp3) is 0.286. The number of hydrogen-bond acceptors (Lipinski definition) is 3. The Hall–Kier alpha value is -0.980. The molecule has 0 spiro atoms. The third-order valence-electron chi connectivity index (χ3n) is 2.68. The zero-order valence-electron chi connectivity index (χ0n) is 10.6. The summed E-state index contributed by atoms with van der Waals surface area (Å²) in [4.78, 5) is 1.30. The zero-order valence-corrected chi connectivity index (χ0v) is 13.0. The molecule has 2 rings (SSSR count). The van der Waals surface area contributed by atoms with Gasteiger partial charge in [0.2, 0.25) is 0 Å². The van der Waals surface area contributed by atoms with Crippen molar-refractivity contribution >= 4 is 27.3 Å². The molecular weight excluding hydrogens is 348 g/mol. The molecule has 0 radical (unpaired) electrons. The summed E-state index contributed by atoms with van der Waals surface area (Å²) in [7, 11) is 0. The molecule has 1 heterocycles. The van der Waals surface area contributed by atoms with Crippen LogP contribution in [-0.4, -0.2) is 13.2 Å². The second kappa shape index (κ2) is 7.71. The molecule has 0 saturated carbocycles. The molecule has 1 aromatic carbocycles. The van der Waals surface area contributed by atoms with Crippen LogP contribution in [0.4, 0.5) is 8.78 Å². The van der Waals surface area contributed by atoms with Crippen LogP contribution in [0.25, 0.3) is 0 Å². The van der Waals surface area contributed by atoms with Crippen molar-refractivity contribution in [1.82, 2.24) is 5.32 Å². The van der Waals surface area contributed by atoms with E-state index in [0.29, 0.717) is 12.1 Å². The highest BCUT2D eigenvalue weighted by Gasteiger charge is 2.09. The van der Waals surface area contributed by atoms with Gasteiger partial charge >= 0.3 is 6.61 Å². The Kier molecular flexibility index (Phi) is 5.94. The molecule has 20 heavy (non-hydrogen) atoms. The van der Waals surface area contributed by atoms with Crippen LogP contribution in [0, 0.1) is 0 Å². The Morgan fingerprint density at radius 3 is 2.85 bits per heavy atom. The Balaban J connectivity index is 1.88. The lowest BCUT2D eigenvalue weighted by molar-refractivity contribution is -0.0505. The maximum absolute atomic E-state index is 12.3. The molecule has 0 amide bonds. The number of benzene rings is 1. The molecule has 0 unspecified atom stereocenters. The fourth-order valence-corrected chi connectivity index (χ4v) is 2.90. The van der Waals surface area contributed by atoms with E-state index in [1.165, 1.54) is 4.88 Å². The van der Waals surface area contributed by atoms with Crippen LogP contribution in [-0.2, 0) is 13.0 Å². The maximum Gasteiger partial charge on any atom is 0.387 e. The third-order valence-corrected chi connectivity index (χ3v) is 4.11. The van der Waals surface area contributed by atoms with Gasteiger partial charge in [-0.3, -0.25) is 0 Å². The van der Waals surface area contributed by atoms with Crippen molar-refractivity contribution in [3.8, 4) is 5.75 Å². The highest BCUT2D eigenvalue weighted by atomic mass is 79.9. The number of thiophene rings is 1. The number of alkyl halides is 2. The van der Waals surface area contributed by atoms with Gasteiger partial charge in [-0.05, 0) is 36.1 Å². The van der Waals surface area contributed by atoms with Gasteiger partial charge in [-0.25, -0.2) is 0 Å². The summed E-state index contributed by atoms with van der Waals surface area (Å²) in [5, 5.41) is 5.28. The quantitative estimate of drug-likeness (QED) is 0.735. The van der Waals surface area contributed by atoms with E-state index in [2.05, 4.69) is 32.0 Å². The summed E-state index contributed by atoms with van der Waals surface area (Å²) in [5.74, 6) is 0.215. The monoisotopic (exact) mass is 361 g/mol. The molecular formula is C14H14BrF2NOS. The molecule has 1 N–H and O–H groups in total. The third kappa shape index (κ3) is 4.85. The second-order valence-electron chi connectivity index (χ2n) is 4.14. The van der Waals surface area contributed by atoms with Crippen LogP contribution in [0.15, 0.2) is 40.2 Å². The summed E-state index contributed by atoms with van der Waals surface area (Å²) < 4.78 is 30.0. The first-order valence-electron chi connectivity index (χ1n) is 6.11. The number of ether oxygens (including phenoxy) is 1. The average molecular weight is 362 g/mol. The zero-order chi connectivity index (χ0) is 14.4. The summed E-state index contributed by atoms with van der Waals surface area (Å²) in [6, 6.07) is 9.12. The molecule has 0 atom stereocenters. The smallest absolute Gasteiger partial charge is 0.387 e. The standard InChI is InChI=1S/C14H14BrF2NOS/c15-11-3-4-13(19-14(16)17)10(8-11)9-18-6-5-12-2-1-7-20-12/h1-4,7-8,14,18H,5-6,9H2. The molecule has 108 valence electrons. The van der Waals surface area contributed by atoms with Crippen molar-refractivity contribution in [3.05, 3.63) is 50.6 Å². The Labute approximate surface area is 128 Å². The van der Waals surface area contributed by atoms with Crippen molar-refractivity contribution in [1.29, 1.82) is 0 Å². The van der Waals surface area contributed by atoms with E-state index >= 15 is 0 Å². The first-order chi connectivity index (χ1) is 9.65. The van der Waals surface area contributed by atoms with Crippen molar-refractivity contribution in [3.63, 3.8) is 0 Å². The molecule has 2 aromatic rings. The van der Waals surface area contributed by atoms with Gasteiger partial charge in [-0.1, -0.05) is 22.0 Å². The molecule has 0 saturated heterocycles. The fourth-order valence-electron chi connectivity index (χ4n) is 1.79. The summed E-state index contributed by atoms with van der Waals surface area (Å²) in [6.07, 6.45) is 0.927. The largest absolute Gasteiger partial charge is 0.434 e. The SMILES string of the molecule is FC(F)Oc1ccc(Br)cc1CNCCc1cccs1. The minimum absolute atomic E-state index is 0.215. The predicted molar refractivity (Wildman–Crippen MR) is 80.5 cm³/mol. The van der Waals surface area contributed by atoms with E-state index in [0.717, 1.165) is 17.4 Å². The molecule has 0 aliphatic rings. The van der Waals surface area contributed by atoms with Gasteiger partial charge in [0.1, 0.15) is 5.75 Å². The molecule has 0 bridgehead atoms. The van der Waals surface area contributed by atoms with Gasteiger partial charge in [-0.2, -0.15) is 8.78 Å². The summed E-state index contributed by atoms with van der Waals surface area (Å²) >= 11 is 5.05. The van der Waals surface area contributed by atoms with Crippen LogP contribution in [0.3, 0.4) is 0 Å². The van der Waals surface area contributed by atoms with Crippen molar-refractivity contribution < 1.29 is 13.5 Å². The highest BCUT2D eigenvalue weighted by Crippen LogP contribution is 2.24. The van der Waals surface area contributed by atoms with Crippen molar-refractivity contribution in [2.24, 2.45) is 0 Å². The van der Waals surface area contributed by atoms with E-state index in [-0.39, 0.29) is 5.75 Å². The van der Waals surface area contributed by atoms with Crippen molar-refractivity contribution in [2.45, 2.75) is 19.6 Å². The minimum atomic E-state index is -2.80.